The lowest BCUT2D eigenvalue weighted by Crippen LogP contribution is -2.19. The summed E-state index contributed by atoms with van der Waals surface area (Å²) >= 11 is 0. The Morgan fingerprint density at radius 1 is 1.27 bits per heavy atom. The third kappa shape index (κ3) is 1.83. The van der Waals surface area contributed by atoms with Gasteiger partial charge in [-0.05, 0) is 0 Å². The summed E-state index contributed by atoms with van der Waals surface area (Å²) in [7, 11) is 0. The first kappa shape index (κ1) is 9.70. The largest absolute Gasteiger partial charge is 0.346 e. The molecule has 0 aliphatic rings. The van der Waals surface area contributed by atoms with Gasteiger partial charge in [0.2, 0.25) is 0 Å². The summed E-state index contributed by atoms with van der Waals surface area (Å²) in [5, 5.41) is 7.93. The quantitative estimate of drug-likeness (QED) is 0.673. The van der Waals surface area contributed by atoms with E-state index in [0.29, 0.717) is 17.0 Å². The predicted octanol–water partition coefficient (Wildman–Crippen LogP) is 0.406. The molecule has 1 N–H and O–H groups in total. The van der Waals surface area contributed by atoms with Crippen LogP contribution in [0, 0.1) is 0 Å². The van der Waals surface area contributed by atoms with Crippen LogP contribution in [0.5, 0.6) is 0 Å². The molecule has 0 saturated carbocycles. The molecular formula is C9H11N5O. The second-order valence-electron chi connectivity index (χ2n) is 4.31. The first-order valence-corrected chi connectivity index (χ1v) is 4.57. The third-order valence-electron chi connectivity index (χ3n) is 1.91. The van der Waals surface area contributed by atoms with Crippen molar-refractivity contribution < 1.29 is 0 Å². The minimum absolute atomic E-state index is 0.193. The Morgan fingerprint density at radius 3 is 2.67 bits per heavy atom. The summed E-state index contributed by atoms with van der Waals surface area (Å²) < 4.78 is 0. The zero-order valence-corrected chi connectivity index (χ0v) is 8.77. The number of aromatic nitrogens is 5. The number of aromatic amines is 1. The van der Waals surface area contributed by atoms with Gasteiger partial charge in [-0.3, -0.25) is 4.98 Å². The summed E-state index contributed by atoms with van der Waals surface area (Å²) in [5.74, 6) is 0.594. The van der Waals surface area contributed by atoms with Gasteiger partial charge in [0, 0.05) is 5.41 Å². The van der Waals surface area contributed by atoms with Gasteiger partial charge >= 0.3 is 5.69 Å². The van der Waals surface area contributed by atoms with Gasteiger partial charge in [0.25, 0.3) is 0 Å². The lowest BCUT2D eigenvalue weighted by Gasteiger charge is -2.14. The normalized spacial score (nSPS) is 11.9. The first-order valence-electron chi connectivity index (χ1n) is 4.57. The highest BCUT2D eigenvalue weighted by atomic mass is 16.1. The van der Waals surface area contributed by atoms with Gasteiger partial charge < -0.3 is 0 Å². The van der Waals surface area contributed by atoms with Gasteiger partial charge in [0.05, 0.1) is 6.20 Å². The second-order valence-corrected chi connectivity index (χ2v) is 4.31. The summed E-state index contributed by atoms with van der Waals surface area (Å²) in [4.78, 5) is 21.3. The topological polar surface area (TPSA) is 84.4 Å². The monoisotopic (exact) mass is 205 g/mol. The zero-order valence-electron chi connectivity index (χ0n) is 8.77. The van der Waals surface area contributed by atoms with Crippen molar-refractivity contribution in [3.05, 3.63) is 22.5 Å². The van der Waals surface area contributed by atoms with Crippen molar-refractivity contribution in [2.45, 2.75) is 26.2 Å². The van der Waals surface area contributed by atoms with Crippen LogP contribution >= 0.6 is 0 Å². The van der Waals surface area contributed by atoms with Gasteiger partial charge in [-0.15, -0.1) is 10.2 Å². The number of H-pyrrole nitrogens is 1. The van der Waals surface area contributed by atoms with E-state index in [-0.39, 0.29) is 5.41 Å². The van der Waals surface area contributed by atoms with E-state index in [9.17, 15) is 4.79 Å². The van der Waals surface area contributed by atoms with Gasteiger partial charge in [-0.2, -0.15) is 4.98 Å². The van der Waals surface area contributed by atoms with Crippen LogP contribution < -0.4 is 5.69 Å². The van der Waals surface area contributed by atoms with E-state index in [0.717, 1.165) is 0 Å². The molecule has 0 unspecified atom stereocenters. The van der Waals surface area contributed by atoms with E-state index in [2.05, 4.69) is 25.1 Å². The molecule has 15 heavy (non-hydrogen) atoms. The lowest BCUT2D eigenvalue weighted by atomic mass is 9.96. The molecule has 2 rings (SSSR count). The van der Waals surface area contributed by atoms with Crippen molar-refractivity contribution in [2.75, 3.05) is 0 Å². The molecule has 0 amide bonds. The van der Waals surface area contributed by atoms with Crippen LogP contribution in [0.4, 0.5) is 0 Å². The molecule has 0 fully saturated rings. The van der Waals surface area contributed by atoms with Crippen molar-refractivity contribution in [3.8, 4) is 0 Å². The highest BCUT2D eigenvalue weighted by molar-refractivity contribution is 5.66. The first-order chi connectivity index (χ1) is 6.97. The predicted molar refractivity (Wildman–Crippen MR) is 54.4 cm³/mol. The number of hydrogen-bond donors (Lipinski definition) is 1. The molecular weight excluding hydrogens is 194 g/mol. The van der Waals surface area contributed by atoms with Crippen LogP contribution in [0.25, 0.3) is 11.2 Å². The Labute approximate surface area is 85.8 Å². The van der Waals surface area contributed by atoms with Gasteiger partial charge in [-0.1, -0.05) is 20.8 Å². The minimum Gasteiger partial charge on any atom is -0.288 e. The Balaban J connectivity index is 2.70. The number of rotatable bonds is 0. The number of nitrogens with one attached hydrogen (secondary N) is 1. The van der Waals surface area contributed by atoms with Gasteiger partial charge in [0.15, 0.2) is 11.5 Å². The smallest absolute Gasteiger partial charge is 0.288 e. The Bertz CT molecular complexity index is 554. The molecule has 2 aromatic heterocycles. The standard InChI is InChI=1S/C9H11N5O/c1-9(2,3)7-11-6-5(13-14-7)4-10-8(15)12-6/h4H,1-3H3,(H,10,11,12,14,15). The maximum absolute atomic E-state index is 11.0. The lowest BCUT2D eigenvalue weighted by molar-refractivity contribution is 0.537. The molecule has 0 aromatic carbocycles. The number of nitrogens with zero attached hydrogens (tertiary/aromatic N) is 4. The van der Waals surface area contributed by atoms with E-state index in [1.54, 1.807) is 0 Å². The minimum atomic E-state index is -0.428. The SMILES string of the molecule is CC(C)(C)c1nnc2cnc(=O)[nH]c2n1. The Morgan fingerprint density at radius 2 is 2.00 bits per heavy atom. The maximum Gasteiger partial charge on any atom is 0.346 e. The van der Waals surface area contributed by atoms with Crippen molar-refractivity contribution in [3.63, 3.8) is 0 Å². The van der Waals surface area contributed by atoms with E-state index in [4.69, 9.17) is 0 Å². The number of fused-ring (bicyclic) bond motifs is 1. The molecule has 6 heteroatoms. The van der Waals surface area contributed by atoms with Crippen molar-refractivity contribution in [2.24, 2.45) is 0 Å². The highest BCUT2D eigenvalue weighted by Gasteiger charge is 2.18. The van der Waals surface area contributed by atoms with Crippen molar-refractivity contribution in [1.82, 2.24) is 25.1 Å². The Kier molecular flexibility index (Phi) is 1.99. The van der Waals surface area contributed by atoms with E-state index < -0.39 is 5.69 Å². The molecule has 0 aliphatic carbocycles. The molecule has 6 nitrogen and oxygen atoms in total. The fourth-order valence-electron chi connectivity index (χ4n) is 1.08. The summed E-state index contributed by atoms with van der Waals surface area (Å²) in [6, 6.07) is 0. The van der Waals surface area contributed by atoms with E-state index in [1.807, 2.05) is 20.8 Å². The third-order valence-corrected chi connectivity index (χ3v) is 1.91. The average Bonchev–Trinajstić information content (AvgIpc) is 2.15. The van der Waals surface area contributed by atoms with Crippen LogP contribution in [0.2, 0.25) is 0 Å². The van der Waals surface area contributed by atoms with Crippen LogP contribution in [-0.4, -0.2) is 25.1 Å². The van der Waals surface area contributed by atoms with E-state index >= 15 is 0 Å². The molecule has 0 saturated heterocycles. The van der Waals surface area contributed by atoms with Crippen molar-refractivity contribution >= 4 is 11.2 Å². The molecule has 0 aliphatic heterocycles. The molecule has 78 valence electrons. The zero-order chi connectivity index (χ0) is 11.1. The van der Waals surface area contributed by atoms with Crippen LogP contribution in [-0.2, 0) is 5.41 Å². The van der Waals surface area contributed by atoms with Gasteiger partial charge in [-0.25, -0.2) is 9.78 Å². The number of hydrogen-bond acceptors (Lipinski definition) is 5. The molecule has 2 aromatic rings. The second kappa shape index (κ2) is 3.08. The Hall–Kier alpha value is -1.85. The van der Waals surface area contributed by atoms with Crippen LogP contribution in [0.1, 0.15) is 26.6 Å². The summed E-state index contributed by atoms with van der Waals surface area (Å²) in [6.45, 7) is 5.94. The average molecular weight is 205 g/mol. The highest BCUT2D eigenvalue weighted by Crippen LogP contribution is 2.17. The van der Waals surface area contributed by atoms with E-state index in [1.165, 1.54) is 6.20 Å². The molecule has 0 spiro atoms. The molecule has 0 radical (unpaired) electrons. The fourth-order valence-corrected chi connectivity index (χ4v) is 1.08. The summed E-state index contributed by atoms with van der Waals surface area (Å²) in [6.07, 6.45) is 1.36. The van der Waals surface area contributed by atoms with Gasteiger partial charge in [0.1, 0.15) is 5.52 Å². The molecule has 2 heterocycles. The summed E-state index contributed by atoms with van der Waals surface area (Å²) in [5.41, 5.74) is 0.293. The van der Waals surface area contributed by atoms with Crippen LogP contribution in [0.15, 0.2) is 11.0 Å². The van der Waals surface area contributed by atoms with Crippen LogP contribution in [0.3, 0.4) is 0 Å². The molecule has 0 atom stereocenters. The van der Waals surface area contributed by atoms with Crippen molar-refractivity contribution in [1.29, 1.82) is 0 Å². The maximum atomic E-state index is 11.0. The fraction of sp³-hybridized carbons (Fsp3) is 0.444. The molecule has 0 bridgehead atoms.